The Bertz CT molecular complexity index is 578. The van der Waals surface area contributed by atoms with E-state index in [-0.39, 0.29) is 0 Å². The summed E-state index contributed by atoms with van der Waals surface area (Å²) in [7, 11) is 0. The zero-order valence-corrected chi connectivity index (χ0v) is 26.1. The van der Waals surface area contributed by atoms with E-state index in [0.717, 1.165) is 0 Å². The van der Waals surface area contributed by atoms with Gasteiger partial charge < -0.3 is 4.57 Å². The molecule has 1 rings (SSSR count). The maximum absolute atomic E-state index is 4.89. The van der Waals surface area contributed by atoms with Crippen LogP contribution in [0.3, 0.4) is 0 Å². The van der Waals surface area contributed by atoms with Crippen molar-refractivity contribution in [2.24, 2.45) is 0 Å². The molecular weight excluding hydrogens is 448 g/mol. The highest BCUT2D eigenvalue weighted by molar-refractivity contribution is 5.02. The van der Waals surface area contributed by atoms with E-state index in [1.165, 1.54) is 173 Å². The lowest BCUT2D eigenvalue weighted by atomic mass is 9.94. The van der Waals surface area contributed by atoms with Crippen molar-refractivity contribution < 1.29 is 0 Å². The van der Waals surface area contributed by atoms with Gasteiger partial charge in [-0.25, -0.2) is 4.98 Å². The van der Waals surface area contributed by atoms with Crippen LogP contribution in [0.5, 0.6) is 0 Å². The van der Waals surface area contributed by atoms with Crippen LogP contribution in [0.2, 0.25) is 0 Å². The van der Waals surface area contributed by atoms with Gasteiger partial charge in [-0.3, -0.25) is 0 Å². The molecule has 0 aliphatic carbocycles. The Kier molecular flexibility index (Phi) is 23.6. The van der Waals surface area contributed by atoms with Gasteiger partial charge in [-0.15, -0.1) is 0 Å². The van der Waals surface area contributed by atoms with E-state index in [9.17, 15) is 0 Å². The standard InChI is InChI=1S/C35H68N2/c1-5-8-10-12-14-16-17-18-19-21-23-25-27-30-34(28-7-3)35-36-31-32-37(35)33(4)29-26-24-22-20-15-13-11-9-6-2/h31-34H,5-30H2,1-4H3. The van der Waals surface area contributed by atoms with Crippen molar-refractivity contribution >= 4 is 0 Å². The summed E-state index contributed by atoms with van der Waals surface area (Å²) in [6.07, 6.45) is 40.9. The average molecular weight is 517 g/mol. The maximum atomic E-state index is 4.89. The van der Waals surface area contributed by atoms with Crippen LogP contribution >= 0.6 is 0 Å². The predicted octanol–water partition coefficient (Wildman–Crippen LogP) is 12.7. The number of rotatable bonds is 28. The molecular formula is C35H68N2. The summed E-state index contributed by atoms with van der Waals surface area (Å²) < 4.78 is 2.54. The molecule has 0 aliphatic heterocycles. The molecule has 0 fully saturated rings. The van der Waals surface area contributed by atoms with Crippen LogP contribution < -0.4 is 0 Å². The molecule has 0 aliphatic rings. The van der Waals surface area contributed by atoms with Gasteiger partial charge in [0.2, 0.25) is 0 Å². The zero-order chi connectivity index (χ0) is 26.8. The van der Waals surface area contributed by atoms with Gasteiger partial charge in [0, 0.05) is 24.4 Å². The molecule has 2 heteroatoms. The first-order chi connectivity index (χ1) is 18.2. The van der Waals surface area contributed by atoms with Gasteiger partial charge in [0.25, 0.3) is 0 Å². The van der Waals surface area contributed by atoms with E-state index in [1.807, 2.05) is 0 Å². The highest BCUT2D eigenvalue weighted by atomic mass is 15.1. The molecule has 1 aromatic heterocycles. The summed E-state index contributed by atoms with van der Waals surface area (Å²) in [5.41, 5.74) is 0. The first-order valence-corrected chi connectivity index (χ1v) is 17.3. The van der Waals surface area contributed by atoms with Crippen LogP contribution in [0.25, 0.3) is 0 Å². The maximum Gasteiger partial charge on any atom is 0.111 e. The SMILES string of the molecule is CCCCCCCCCCCCCCCC(CCC)c1nccn1C(C)CCCCCCCCCCC. The Hall–Kier alpha value is -0.790. The largest absolute Gasteiger partial charge is 0.332 e. The lowest BCUT2D eigenvalue weighted by Crippen LogP contribution is -2.13. The third-order valence-corrected chi connectivity index (χ3v) is 8.56. The van der Waals surface area contributed by atoms with E-state index in [1.54, 1.807) is 0 Å². The molecule has 0 N–H and O–H groups in total. The molecule has 0 saturated carbocycles. The van der Waals surface area contributed by atoms with E-state index in [4.69, 9.17) is 4.98 Å². The van der Waals surface area contributed by atoms with Gasteiger partial charge in [0.1, 0.15) is 5.82 Å². The van der Waals surface area contributed by atoms with Gasteiger partial charge in [-0.2, -0.15) is 0 Å². The molecule has 1 aromatic rings. The molecule has 0 aromatic carbocycles. The lowest BCUT2D eigenvalue weighted by Gasteiger charge is -2.22. The minimum atomic E-state index is 0.591. The van der Waals surface area contributed by atoms with Gasteiger partial charge in [-0.05, 0) is 26.2 Å². The monoisotopic (exact) mass is 517 g/mol. The topological polar surface area (TPSA) is 17.8 Å². The molecule has 2 unspecified atom stereocenters. The molecule has 0 amide bonds. The Balaban J connectivity index is 2.19. The lowest BCUT2D eigenvalue weighted by molar-refractivity contribution is 0.419. The molecule has 0 saturated heterocycles. The van der Waals surface area contributed by atoms with Crippen LogP contribution in [0.15, 0.2) is 12.4 Å². The van der Waals surface area contributed by atoms with Gasteiger partial charge in [-0.1, -0.05) is 168 Å². The van der Waals surface area contributed by atoms with Crippen molar-refractivity contribution in [2.45, 2.75) is 207 Å². The predicted molar refractivity (Wildman–Crippen MR) is 167 cm³/mol. The molecule has 0 radical (unpaired) electrons. The van der Waals surface area contributed by atoms with Crippen LogP contribution in [0.4, 0.5) is 0 Å². The van der Waals surface area contributed by atoms with Crippen LogP contribution in [0.1, 0.15) is 212 Å². The van der Waals surface area contributed by atoms with Crippen LogP contribution in [-0.4, -0.2) is 9.55 Å². The second-order valence-electron chi connectivity index (χ2n) is 12.2. The Morgan fingerprint density at radius 1 is 0.514 bits per heavy atom. The number of unbranched alkanes of at least 4 members (excludes halogenated alkanes) is 20. The summed E-state index contributed by atoms with van der Waals surface area (Å²) in [5, 5.41) is 0. The van der Waals surface area contributed by atoms with Gasteiger partial charge >= 0.3 is 0 Å². The molecule has 2 nitrogen and oxygen atoms in total. The molecule has 0 bridgehead atoms. The van der Waals surface area contributed by atoms with Gasteiger partial charge in [0.05, 0.1) is 0 Å². The average Bonchev–Trinajstić information content (AvgIpc) is 3.39. The number of hydrogen-bond donors (Lipinski definition) is 0. The molecule has 2 atom stereocenters. The highest BCUT2D eigenvalue weighted by Crippen LogP contribution is 2.29. The summed E-state index contributed by atoms with van der Waals surface area (Å²) in [6.45, 7) is 9.37. The summed E-state index contributed by atoms with van der Waals surface area (Å²) in [5.74, 6) is 2.03. The van der Waals surface area contributed by atoms with Crippen LogP contribution in [0, 0.1) is 0 Å². The van der Waals surface area contributed by atoms with Crippen molar-refractivity contribution in [3.63, 3.8) is 0 Å². The van der Waals surface area contributed by atoms with Crippen molar-refractivity contribution in [3.8, 4) is 0 Å². The Labute approximate surface area is 234 Å². The third kappa shape index (κ3) is 18.2. The summed E-state index contributed by atoms with van der Waals surface area (Å²) in [4.78, 5) is 4.89. The second kappa shape index (κ2) is 25.5. The van der Waals surface area contributed by atoms with Gasteiger partial charge in [0.15, 0.2) is 0 Å². The van der Waals surface area contributed by atoms with E-state index < -0.39 is 0 Å². The fourth-order valence-electron chi connectivity index (χ4n) is 6.06. The van der Waals surface area contributed by atoms with Crippen molar-refractivity contribution in [1.82, 2.24) is 9.55 Å². The first kappa shape index (κ1) is 34.2. The normalized spacial score (nSPS) is 13.3. The first-order valence-electron chi connectivity index (χ1n) is 17.3. The highest BCUT2D eigenvalue weighted by Gasteiger charge is 2.18. The number of imidazole rings is 1. The minimum Gasteiger partial charge on any atom is -0.332 e. The number of hydrogen-bond acceptors (Lipinski definition) is 1. The Morgan fingerprint density at radius 3 is 1.35 bits per heavy atom. The van der Waals surface area contributed by atoms with E-state index >= 15 is 0 Å². The molecule has 37 heavy (non-hydrogen) atoms. The zero-order valence-electron chi connectivity index (χ0n) is 26.1. The van der Waals surface area contributed by atoms with E-state index in [0.29, 0.717) is 12.0 Å². The third-order valence-electron chi connectivity index (χ3n) is 8.56. The minimum absolute atomic E-state index is 0.591. The number of nitrogens with zero attached hydrogens (tertiary/aromatic N) is 2. The fourth-order valence-corrected chi connectivity index (χ4v) is 6.06. The Morgan fingerprint density at radius 2 is 0.919 bits per heavy atom. The number of aromatic nitrogens is 2. The quantitative estimate of drug-likeness (QED) is 0.101. The smallest absolute Gasteiger partial charge is 0.111 e. The van der Waals surface area contributed by atoms with Crippen molar-refractivity contribution in [2.75, 3.05) is 0 Å². The summed E-state index contributed by atoms with van der Waals surface area (Å²) >= 11 is 0. The second-order valence-corrected chi connectivity index (χ2v) is 12.2. The fraction of sp³-hybridized carbons (Fsp3) is 0.914. The van der Waals surface area contributed by atoms with Crippen molar-refractivity contribution in [3.05, 3.63) is 18.2 Å². The van der Waals surface area contributed by atoms with Crippen molar-refractivity contribution in [1.29, 1.82) is 0 Å². The molecule has 1 heterocycles. The summed E-state index contributed by atoms with van der Waals surface area (Å²) in [6, 6.07) is 0.591. The van der Waals surface area contributed by atoms with Crippen LogP contribution in [-0.2, 0) is 0 Å². The molecule has 218 valence electrons. The van der Waals surface area contributed by atoms with E-state index in [2.05, 4.69) is 44.7 Å². The molecule has 0 spiro atoms.